The van der Waals surface area contributed by atoms with Crippen LogP contribution in [0.25, 0.3) is 26.9 Å². The third-order valence-corrected chi connectivity index (χ3v) is 5.34. The number of aryl methyl sites for hydroxylation is 2. The van der Waals surface area contributed by atoms with Crippen molar-refractivity contribution >= 4 is 21.4 Å². The Kier molecular flexibility index (Phi) is 3.98. The SMILES string of the molecule is CCc1cc2scc(-c3ccnc(C)c3)c2c(=O)n1-c1ccccc1. The van der Waals surface area contributed by atoms with Crippen LogP contribution in [0.2, 0.25) is 0 Å². The molecule has 3 nitrogen and oxygen atoms in total. The van der Waals surface area contributed by atoms with Crippen molar-refractivity contribution in [1.29, 1.82) is 0 Å². The Bertz CT molecular complexity index is 1110. The first-order chi connectivity index (χ1) is 12.2. The van der Waals surface area contributed by atoms with E-state index < -0.39 is 0 Å². The smallest absolute Gasteiger partial charge is 0.264 e. The van der Waals surface area contributed by atoms with Crippen molar-refractivity contribution < 1.29 is 0 Å². The molecule has 0 saturated heterocycles. The highest BCUT2D eigenvalue weighted by atomic mass is 32.1. The first kappa shape index (κ1) is 15.8. The number of aromatic nitrogens is 2. The Labute approximate surface area is 150 Å². The van der Waals surface area contributed by atoms with Gasteiger partial charge >= 0.3 is 0 Å². The van der Waals surface area contributed by atoms with Gasteiger partial charge in [0, 0.05) is 38.9 Å². The molecule has 0 bridgehead atoms. The highest BCUT2D eigenvalue weighted by Gasteiger charge is 2.16. The van der Waals surface area contributed by atoms with Crippen molar-refractivity contribution in [3.63, 3.8) is 0 Å². The maximum atomic E-state index is 13.4. The minimum Gasteiger partial charge on any atom is -0.281 e. The molecule has 4 heteroatoms. The van der Waals surface area contributed by atoms with Crippen LogP contribution in [0.5, 0.6) is 0 Å². The molecule has 3 aromatic heterocycles. The van der Waals surface area contributed by atoms with Gasteiger partial charge in [-0.05, 0) is 49.2 Å². The van der Waals surface area contributed by atoms with E-state index in [0.717, 1.165) is 44.7 Å². The molecule has 0 unspecified atom stereocenters. The van der Waals surface area contributed by atoms with Gasteiger partial charge in [0.2, 0.25) is 0 Å². The Morgan fingerprint density at radius 3 is 2.64 bits per heavy atom. The lowest BCUT2D eigenvalue weighted by Gasteiger charge is -2.13. The fourth-order valence-electron chi connectivity index (χ4n) is 3.20. The Hall–Kier alpha value is -2.72. The summed E-state index contributed by atoms with van der Waals surface area (Å²) >= 11 is 1.63. The first-order valence-electron chi connectivity index (χ1n) is 8.33. The van der Waals surface area contributed by atoms with Crippen molar-refractivity contribution in [2.24, 2.45) is 0 Å². The van der Waals surface area contributed by atoms with Gasteiger partial charge in [0.25, 0.3) is 5.56 Å². The molecule has 4 aromatic rings. The maximum absolute atomic E-state index is 13.4. The van der Waals surface area contributed by atoms with E-state index in [2.05, 4.69) is 23.4 Å². The lowest BCUT2D eigenvalue weighted by atomic mass is 10.1. The third kappa shape index (κ3) is 2.68. The molecule has 0 spiro atoms. The largest absolute Gasteiger partial charge is 0.281 e. The number of hydrogen-bond acceptors (Lipinski definition) is 3. The van der Waals surface area contributed by atoms with E-state index in [9.17, 15) is 4.79 Å². The molecule has 0 fully saturated rings. The zero-order chi connectivity index (χ0) is 17.4. The van der Waals surface area contributed by atoms with Gasteiger partial charge in [0.1, 0.15) is 0 Å². The van der Waals surface area contributed by atoms with Crippen molar-refractivity contribution in [3.05, 3.63) is 81.8 Å². The quantitative estimate of drug-likeness (QED) is 0.524. The zero-order valence-corrected chi connectivity index (χ0v) is 15.0. The van der Waals surface area contributed by atoms with Crippen molar-refractivity contribution in [2.75, 3.05) is 0 Å². The van der Waals surface area contributed by atoms with Crippen LogP contribution in [0.3, 0.4) is 0 Å². The van der Waals surface area contributed by atoms with E-state index >= 15 is 0 Å². The highest BCUT2D eigenvalue weighted by Crippen LogP contribution is 2.33. The predicted octanol–water partition coefficient (Wildman–Crippen LogP) is 4.99. The maximum Gasteiger partial charge on any atom is 0.264 e. The van der Waals surface area contributed by atoms with Gasteiger partial charge < -0.3 is 0 Å². The number of fused-ring (bicyclic) bond motifs is 1. The number of thiophene rings is 1. The first-order valence-corrected chi connectivity index (χ1v) is 9.21. The molecule has 0 saturated carbocycles. The topological polar surface area (TPSA) is 34.9 Å². The molecular formula is C21H18N2OS. The summed E-state index contributed by atoms with van der Waals surface area (Å²) in [5, 5.41) is 2.87. The van der Waals surface area contributed by atoms with Gasteiger partial charge in [-0.25, -0.2) is 0 Å². The fraction of sp³-hybridized carbons (Fsp3) is 0.143. The van der Waals surface area contributed by atoms with Crippen LogP contribution < -0.4 is 5.56 Å². The van der Waals surface area contributed by atoms with E-state index in [0.29, 0.717) is 0 Å². The van der Waals surface area contributed by atoms with Gasteiger partial charge in [-0.1, -0.05) is 25.1 Å². The van der Waals surface area contributed by atoms with Gasteiger partial charge in [-0.3, -0.25) is 14.3 Å². The summed E-state index contributed by atoms with van der Waals surface area (Å²) in [6.07, 6.45) is 2.60. The second-order valence-corrected chi connectivity index (χ2v) is 6.95. The third-order valence-electron chi connectivity index (χ3n) is 4.41. The molecule has 0 aliphatic rings. The van der Waals surface area contributed by atoms with Gasteiger partial charge in [0.15, 0.2) is 0 Å². The monoisotopic (exact) mass is 346 g/mol. The normalized spacial score (nSPS) is 11.1. The Morgan fingerprint density at radius 1 is 1.12 bits per heavy atom. The summed E-state index contributed by atoms with van der Waals surface area (Å²) in [4.78, 5) is 17.7. The zero-order valence-electron chi connectivity index (χ0n) is 14.2. The van der Waals surface area contributed by atoms with Crippen LogP contribution in [0.1, 0.15) is 18.3 Å². The standard InChI is InChI=1S/C21H18N2OS/c1-3-16-12-19-20(21(24)23(16)17-7-5-4-6-8-17)18(13-25-19)15-9-10-22-14(2)11-15/h4-13H,3H2,1-2H3. The van der Waals surface area contributed by atoms with E-state index in [4.69, 9.17) is 0 Å². The van der Waals surface area contributed by atoms with Crippen molar-refractivity contribution in [2.45, 2.75) is 20.3 Å². The molecule has 4 rings (SSSR count). The average Bonchev–Trinajstić information content (AvgIpc) is 3.06. The average molecular weight is 346 g/mol. The second-order valence-electron chi connectivity index (χ2n) is 6.04. The lowest BCUT2D eigenvalue weighted by molar-refractivity contribution is 0.890. The molecule has 0 radical (unpaired) electrons. The summed E-state index contributed by atoms with van der Waals surface area (Å²) in [6, 6.07) is 16.0. The molecule has 25 heavy (non-hydrogen) atoms. The lowest BCUT2D eigenvalue weighted by Crippen LogP contribution is -2.21. The summed E-state index contributed by atoms with van der Waals surface area (Å²) in [6.45, 7) is 4.05. The van der Waals surface area contributed by atoms with Crippen LogP contribution in [0, 0.1) is 6.92 Å². The molecule has 0 aliphatic heterocycles. The Balaban J connectivity index is 2.06. The fourth-order valence-corrected chi connectivity index (χ4v) is 4.22. The van der Waals surface area contributed by atoms with Crippen molar-refractivity contribution in [3.8, 4) is 16.8 Å². The molecular weight excluding hydrogens is 328 g/mol. The van der Waals surface area contributed by atoms with Crippen LogP contribution in [0.4, 0.5) is 0 Å². The number of hydrogen-bond donors (Lipinski definition) is 0. The minimum absolute atomic E-state index is 0.0475. The highest BCUT2D eigenvalue weighted by molar-refractivity contribution is 7.17. The van der Waals surface area contributed by atoms with Gasteiger partial charge in [0.05, 0.1) is 5.39 Å². The number of nitrogens with zero attached hydrogens (tertiary/aromatic N) is 2. The van der Waals surface area contributed by atoms with E-state index in [-0.39, 0.29) is 5.56 Å². The summed E-state index contributed by atoms with van der Waals surface area (Å²) < 4.78 is 2.88. The summed E-state index contributed by atoms with van der Waals surface area (Å²) in [7, 11) is 0. The minimum atomic E-state index is 0.0475. The van der Waals surface area contributed by atoms with Crippen LogP contribution in [-0.2, 0) is 6.42 Å². The van der Waals surface area contributed by atoms with Gasteiger partial charge in [-0.2, -0.15) is 0 Å². The molecule has 3 heterocycles. The predicted molar refractivity (Wildman–Crippen MR) is 105 cm³/mol. The molecule has 0 N–H and O–H groups in total. The molecule has 0 amide bonds. The van der Waals surface area contributed by atoms with Crippen LogP contribution in [0.15, 0.2) is 64.9 Å². The second kappa shape index (κ2) is 6.30. The van der Waals surface area contributed by atoms with E-state index in [1.807, 2.05) is 54.0 Å². The van der Waals surface area contributed by atoms with E-state index in [1.165, 1.54) is 0 Å². The number of rotatable bonds is 3. The number of pyridine rings is 2. The molecule has 124 valence electrons. The summed E-state index contributed by atoms with van der Waals surface area (Å²) in [5.74, 6) is 0. The Morgan fingerprint density at radius 2 is 1.92 bits per heavy atom. The van der Waals surface area contributed by atoms with Crippen LogP contribution >= 0.6 is 11.3 Å². The molecule has 1 aromatic carbocycles. The number of para-hydroxylation sites is 1. The number of benzene rings is 1. The van der Waals surface area contributed by atoms with E-state index in [1.54, 1.807) is 17.5 Å². The van der Waals surface area contributed by atoms with Crippen molar-refractivity contribution in [1.82, 2.24) is 9.55 Å². The molecule has 0 atom stereocenters. The molecule has 0 aliphatic carbocycles. The van der Waals surface area contributed by atoms with Crippen LogP contribution in [-0.4, -0.2) is 9.55 Å². The summed E-state index contributed by atoms with van der Waals surface area (Å²) in [5.41, 5.74) is 4.97. The van der Waals surface area contributed by atoms with Gasteiger partial charge in [-0.15, -0.1) is 11.3 Å².